The number of nitrogens with one attached hydrogen (secondary N) is 1. The van der Waals surface area contributed by atoms with Gasteiger partial charge in [-0.3, -0.25) is 9.71 Å². The van der Waals surface area contributed by atoms with Crippen molar-refractivity contribution in [1.29, 1.82) is 0 Å². The van der Waals surface area contributed by atoms with E-state index in [2.05, 4.69) is 9.71 Å². The van der Waals surface area contributed by atoms with Crippen LogP contribution in [0, 0.1) is 6.92 Å². The Morgan fingerprint density at radius 3 is 2.49 bits per heavy atom. The zero-order valence-corrected chi connectivity index (χ0v) is 20.7. The van der Waals surface area contributed by atoms with Gasteiger partial charge in [0.2, 0.25) is 0 Å². The third-order valence-electron chi connectivity index (χ3n) is 5.85. The minimum absolute atomic E-state index is 0.213. The van der Waals surface area contributed by atoms with Crippen LogP contribution in [-0.4, -0.2) is 20.7 Å². The average molecular weight is 535 g/mol. The van der Waals surface area contributed by atoms with Crippen LogP contribution in [0.2, 0.25) is 5.02 Å². The number of nitrogens with zero attached hydrogens (tertiary/aromatic N) is 1. The van der Waals surface area contributed by atoms with Crippen molar-refractivity contribution in [3.8, 4) is 0 Å². The first-order valence-corrected chi connectivity index (χ1v) is 13.3. The summed E-state index contributed by atoms with van der Waals surface area (Å²) in [6.07, 6.45) is -3.97. The predicted octanol–water partition coefficient (Wildman–Crippen LogP) is 7.08. The van der Waals surface area contributed by atoms with Crippen molar-refractivity contribution in [3.05, 3.63) is 93.5 Å². The summed E-state index contributed by atoms with van der Waals surface area (Å²) >= 11 is 7.23. The van der Waals surface area contributed by atoms with Crippen molar-refractivity contribution in [1.82, 2.24) is 0 Å². The lowest BCUT2D eigenvalue weighted by Crippen LogP contribution is -2.16. The van der Waals surface area contributed by atoms with Gasteiger partial charge < -0.3 is 0 Å². The second-order valence-electron chi connectivity index (χ2n) is 8.19. The molecule has 0 bridgehead atoms. The van der Waals surface area contributed by atoms with E-state index in [0.717, 1.165) is 16.2 Å². The molecule has 0 spiro atoms. The summed E-state index contributed by atoms with van der Waals surface area (Å²) in [5.74, 6) is 0. The van der Waals surface area contributed by atoms with E-state index in [1.165, 1.54) is 23.5 Å². The van der Waals surface area contributed by atoms with Crippen molar-refractivity contribution >= 4 is 54.4 Å². The molecular weight excluding hydrogens is 517 g/mol. The van der Waals surface area contributed by atoms with Crippen molar-refractivity contribution in [2.75, 3.05) is 11.3 Å². The van der Waals surface area contributed by atoms with Crippen molar-refractivity contribution in [2.45, 2.75) is 23.7 Å². The Hall–Kier alpha value is -2.88. The van der Waals surface area contributed by atoms with Gasteiger partial charge in [0.25, 0.3) is 10.0 Å². The molecule has 0 aliphatic carbocycles. The molecule has 180 valence electrons. The number of fused-ring (bicyclic) bond motifs is 2. The number of anilines is 1. The zero-order chi connectivity index (χ0) is 25.0. The van der Waals surface area contributed by atoms with Gasteiger partial charge in [-0.2, -0.15) is 13.2 Å². The molecule has 0 radical (unpaired) electrons. The van der Waals surface area contributed by atoms with E-state index in [9.17, 15) is 21.6 Å². The van der Waals surface area contributed by atoms with Gasteiger partial charge in [0, 0.05) is 33.1 Å². The van der Waals surface area contributed by atoms with E-state index in [-0.39, 0.29) is 4.21 Å². The zero-order valence-electron chi connectivity index (χ0n) is 18.3. The highest BCUT2D eigenvalue weighted by atomic mass is 35.5. The molecule has 2 heterocycles. The predicted molar refractivity (Wildman–Crippen MR) is 134 cm³/mol. The summed E-state index contributed by atoms with van der Waals surface area (Å²) in [6, 6.07) is 15.6. The molecule has 4 aromatic rings. The lowest BCUT2D eigenvalue weighted by Gasteiger charge is -2.19. The molecule has 0 fully saturated rings. The monoisotopic (exact) mass is 534 g/mol. The van der Waals surface area contributed by atoms with Crippen LogP contribution in [0.5, 0.6) is 0 Å². The number of aliphatic imine (C=N–C) groups is 1. The van der Waals surface area contributed by atoms with Crippen LogP contribution in [0.1, 0.15) is 27.8 Å². The standard InChI is InChI=1S/C25H18ClF3N2O2S2/c1-14-21-13-18(26)5-9-22(21)34-24(14)35(32,33)31-19-6-2-15(3-7-19)23-20-8-4-17(25(27,28)29)12-16(20)10-11-30-23/h2-9,12-13,31H,10-11H2,1H3. The highest BCUT2D eigenvalue weighted by Crippen LogP contribution is 2.36. The Bertz CT molecular complexity index is 1590. The first-order valence-electron chi connectivity index (χ1n) is 10.6. The number of sulfonamides is 1. The van der Waals surface area contributed by atoms with Crippen molar-refractivity contribution in [3.63, 3.8) is 0 Å². The molecule has 0 saturated heterocycles. The van der Waals surface area contributed by atoms with Gasteiger partial charge >= 0.3 is 6.18 Å². The Labute approximate surface area is 209 Å². The molecule has 1 aliphatic rings. The molecule has 10 heteroatoms. The van der Waals surface area contributed by atoms with E-state index in [0.29, 0.717) is 51.6 Å². The van der Waals surface area contributed by atoms with E-state index in [1.54, 1.807) is 49.4 Å². The van der Waals surface area contributed by atoms with Gasteiger partial charge in [-0.1, -0.05) is 29.8 Å². The number of halogens is 4. The minimum Gasteiger partial charge on any atom is -0.284 e. The first kappa shape index (κ1) is 23.8. The van der Waals surface area contributed by atoms with E-state index >= 15 is 0 Å². The second-order valence-corrected chi connectivity index (χ2v) is 11.6. The van der Waals surface area contributed by atoms with Gasteiger partial charge in [0.05, 0.1) is 11.3 Å². The molecular formula is C25H18ClF3N2O2S2. The third-order valence-corrected chi connectivity index (χ3v) is 9.36. The summed E-state index contributed by atoms with van der Waals surface area (Å²) < 4.78 is 69.1. The van der Waals surface area contributed by atoms with Crippen LogP contribution in [0.3, 0.4) is 0 Å². The van der Waals surface area contributed by atoms with E-state index in [1.807, 2.05) is 0 Å². The average Bonchev–Trinajstić information content (AvgIpc) is 3.15. The van der Waals surface area contributed by atoms with Gasteiger partial charge in [0.1, 0.15) is 4.21 Å². The Kier molecular flexibility index (Phi) is 5.89. The highest BCUT2D eigenvalue weighted by molar-refractivity contribution is 7.94. The molecule has 3 aromatic carbocycles. The SMILES string of the molecule is Cc1c(S(=O)(=O)Nc2ccc(C3=NCCc4cc(C(F)(F)F)ccc43)cc2)sc2ccc(Cl)cc12. The molecule has 4 nitrogen and oxygen atoms in total. The van der Waals surface area contributed by atoms with Crippen LogP contribution >= 0.6 is 22.9 Å². The van der Waals surface area contributed by atoms with Gasteiger partial charge in [-0.25, -0.2) is 8.42 Å². The number of alkyl halides is 3. The minimum atomic E-state index is -4.40. The molecule has 0 atom stereocenters. The fraction of sp³-hybridized carbons (Fsp3) is 0.160. The van der Waals surface area contributed by atoms with Gasteiger partial charge in [-0.15, -0.1) is 11.3 Å². The summed E-state index contributed by atoms with van der Waals surface area (Å²) in [4.78, 5) is 4.52. The number of hydrogen-bond acceptors (Lipinski definition) is 4. The number of rotatable bonds is 4. The number of aryl methyl sites for hydroxylation is 1. The van der Waals surface area contributed by atoms with Gasteiger partial charge in [0.15, 0.2) is 0 Å². The number of thiophene rings is 1. The van der Waals surface area contributed by atoms with Crippen LogP contribution in [0.15, 0.2) is 69.9 Å². The maximum absolute atomic E-state index is 13.1. The molecule has 0 unspecified atom stereocenters. The summed E-state index contributed by atoms with van der Waals surface area (Å²) in [5, 5.41) is 1.33. The molecule has 1 N–H and O–H groups in total. The van der Waals surface area contributed by atoms with Crippen LogP contribution in [0.4, 0.5) is 18.9 Å². The summed E-state index contributed by atoms with van der Waals surface area (Å²) in [5.41, 5.74) is 2.84. The normalized spacial score (nSPS) is 14.0. The summed E-state index contributed by atoms with van der Waals surface area (Å²) in [7, 11) is -3.84. The molecule has 0 saturated carbocycles. The smallest absolute Gasteiger partial charge is 0.284 e. The van der Waals surface area contributed by atoms with E-state index < -0.39 is 21.8 Å². The lowest BCUT2D eigenvalue weighted by atomic mass is 9.92. The molecule has 0 amide bonds. The molecule has 1 aliphatic heterocycles. The maximum atomic E-state index is 13.1. The Morgan fingerprint density at radius 2 is 1.77 bits per heavy atom. The largest absolute Gasteiger partial charge is 0.416 e. The second kappa shape index (κ2) is 8.65. The van der Waals surface area contributed by atoms with Crippen LogP contribution < -0.4 is 4.72 Å². The van der Waals surface area contributed by atoms with Gasteiger partial charge in [-0.05, 0) is 72.3 Å². The maximum Gasteiger partial charge on any atom is 0.416 e. The highest BCUT2D eigenvalue weighted by Gasteiger charge is 2.31. The topological polar surface area (TPSA) is 58.5 Å². The Balaban J connectivity index is 1.41. The fourth-order valence-electron chi connectivity index (χ4n) is 4.15. The quantitative estimate of drug-likeness (QED) is 0.304. The number of benzene rings is 3. The van der Waals surface area contributed by atoms with Crippen molar-refractivity contribution in [2.24, 2.45) is 4.99 Å². The molecule has 35 heavy (non-hydrogen) atoms. The third kappa shape index (κ3) is 4.55. The van der Waals surface area contributed by atoms with Crippen LogP contribution in [0.25, 0.3) is 10.1 Å². The first-order chi connectivity index (χ1) is 16.5. The fourth-order valence-corrected chi connectivity index (χ4v) is 7.13. The lowest BCUT2D eigenvalue weighted by molar-refractivity contribution is -0.137. The molecule has 1 aromatic heterocycles. The van der Waals surface area contributed by atoms with Crippen LogP contribution in [-0.2, 0) is 22.6 Å². The summed E-state index contributed by atoms with van der Waals surface area (Å²) in [6.45, 7) is 2.13. The van der Waals surface area contributed by atoms with E-state index in [4.69, 9.17) is 11.6 Å². The Morgan fingerprint density at radius 1 is 1.03 bits per heavy atom. The van der Waals surface area contributed by atoms with Crippen molar-refractivity contribution < 1.29 is 21.6 Å². The number of hydrogen-bond donors (Lipinski definition) is 1. The molecule has 5 rings (SSSR count).